The average molecular weight is 290 g/mol. The first-order valence-corrected chi connectivity index (χ1v) is 7.29. The lowest BCUT2D eigenvalue weighted by atomic mass is 9.85. The summed E-state index contributed by atoms with van der Waals surface area (Å²) in [4.78, 5) is 12.3. The van der Waals surface area contributed by atoms with Crippen molar-refractivity contribution in [2.45, 2.75) is 50.5 Å². The predicted octanol–water partition coefficient (Wildman–Crippen LogP) is 3.27. The van der Waals surface area contributed by atoms with Gasteiger partial charge in [0, 0.05) is 0 Å². The fourth-order valence-electron chi connectivity index (χ4n) is 2.75. The molecule has 4 nitrogen and oxygen atoms in total. The van der Waals surface area contributed by atoms with Crippen molar-refractivity contribution >= 4 is 5.91 Å². The lowest BCUT2D eigenvalue weighted by Gasteiger charge is -2.29. The van der Waals surface area contributed by atoms with Crippen LogP contribution in [-0.4, -0.2) is 16.6 Å². The molecule has 0 spiro atoms. The van der Waals surface area contributed by atoms with E-state index in [0.717, 1.165) is 50.3 Å². The zero-order chi connectivity index (χ0) is 15.3. The van der Waals surface area contributed by atoms with Crippen LogP contribution in [0.15, 0.2) is 18.2 Å². The number of benzene rings is 1. The van der Waals surface area contributed by atoms with E-state index in [0.29, 0.717) is 12.8 Å². The Hall–Kier alpha value is -2.09. The molecule has 1 aromatic carbocycles. The summed E-state index contributed by atoms with van der Waals surface area (Å²) >= 11 is 0. The number of rotatable bonds is 2. The Morgan fingerprint density at radius 2 is 1.86 bits per heavy atom. The standard InChI is InChI=1S/C16H19FN2O2/c17-12-6-7-14(20)13(10-12)15(21)19-16(11-18)8-4-2-1-3-5-9-16/h6-7,10,20H,1-5,8-9H2,(H,19,21). The first kappa shape index (κ1) is 15.3. The summed E-state index contributed by atoms with van der Waals surface area (Å²) in [6, 6.07) is 5.42. The third kappa shape index (κ3) is 3.72. The number of nitrogens with one attached hydrogen (secondary N) is 1. The van der Waals surface area contributed by atoms with Crippen LogP contribution in [0.2, 0.25) is 0 Å². The van der Waals surface area contributed by atoms with Crippen LogP contribution in [-0.2, 0) is 0 Å². The van der Waals surface area contributed by atoms with Gasteiger partial charge in [-0.2, -0.15) is 5.26 Å². The molecule has 112 valence electrons. The van der Waals surface area contributed by atoms with Gasteiger partial charge in [0.25, 0.3) is 5.91 Å². The number of nitriles is 1. The first-order valence-electron chi connectivity index (χ1n) is 7.29. The Balaban J connectivity index is 2.18. The lowest BCUT2D eigenvalue weighted by molar-refractivity contribution is 0.0904. The molecule has 0 unspecified atom stereocenters. The highest BCUT2D eigenvalue weighted by atomic mass is 19.1. The number of hydrogen-bond donors (Lipinski definition) is 2. The van der Waals surface area contributed by atoms with E-state index in [1.807, 2.05) is 0 Å². The van der Waals surface area contributed by atoms with Crippen LogP contribution in [0.1, 0.15) is 55.3 Å². The van der Waals surface area contributed by atoms with Gasteiger partial charge < -0.3 is 10.4 Å². The number of hydrogen-bond acceptors (Lipinski definition) is 3. The molecule has 0 heterocycles. The monoisotopic (exact) mass is 290 g/mol. The third-order valence-corrected chi connectivity index (χ3v) is 3.98. The molecule has 1 amide bonds. The van der Waals surface area contributed by atoms with Crippen molar-refractivity contribution in [2.24, 2.45) is 0 Å². The molecule has 0 saturated heterocycles. The Kier molecular flexibility index (Phi) is 4.79. The summed E-state index contributed by atoms with van der Waals surface area (Å²) in [5.41, 5.74) is -1.05. The van der Waals surface area contributed by atoms with Gasteiger partial charge in [-0.15, -0.1) is 0 Å². The SMILES string of the molecule is N#CC1(NC(=O)c2cc(F)ccc2O)CCCCCCC1. The molecule has 1 fully saturated rings. The fourth-order valence-corrected chi connectivity index (χ4v) is 2.75. The van der Waals surface area contributed by atoms with Crippen LogP contribution in [0.3, 0.4) is 0 Å². The second-order valence-corrected chi connectivity index (χ2v) is 5.58. The van der Waals surface area contributed by atoms with Crippen molar-refractivity contribution in [1.82, 2.24) is 5.32 Å². The smallest absolute Gasteiger partial charge is 0.256 e. The molecular formula is C16H19FN2O2. The highest BCUT2D eigenvalue weighted by Gasteiger charge is 2.32. The molecule has 0 radical (unpaired) electrons. The van der Waals surface area contributed by atoms with E-state index < -0.39 is 17.3 Å². The van der Waals surface area contributed by atoms with Crippen LogP contribution in [0.4, 0.5) is 4.39 Å². The van der Waals surface area contributed by atoms with Gasteiger partial charge in [0.1, 0.15) is 17.1 Å². The Bertz CT molecular complexity index is 558. The van der Waals surface area contributed by atoms with Crippen molar-refractivity contribution in [2.75, 3.05) is 0 Å². The summed E-state index contributed by atoms with van der Waals surface area (Å²) in [5, 5.41) is 21.9. The summed E-state index contributed by atoms with van der Waals surface area (Å²) in [6.07, 6.45) is 6.18. The number of carbonyl (C=O) groups is 1. The van der Waals surface area contributed by atoms with Crippen molar-refractivity contribution < 1.29 is 14.3 Å². The number of phenolic OH excluding ortho intramolecular Hbond substituents is 1. The highest BCUT2D eigenvalue weighted by molar-refractivity contribution is 5.97. The van der Waals surface area contributed by atoms with Crippen LogP contribution in [0.5, 0.6) is 5.75 Å². The number of nitrogens with zero attached hydrogens (tertiary/aromatic N) is 1. The van der Waals surface area contributed by atoms with Crippen LogP contribution in [0, 0.1) is 17.1 Å². The quantitative estimate of drug-likeness (QED) is 0.878. The van der Waals surface area contributed by atoms with Gasteiger partial charge in [0.15, 0.2) is 0 Å². The zero-order valence-corrected chi connectivity index (χ0v) is 11.9. The lowest BCUT2D eigenvalue weighted by Crippen LogP contribution is -2.47. The minimum absolute atomic E-state index is 0.133. The van der Waals surface area contributed by atoms with E-state index in [4.69, 9.17) is 0 Å². The van der Waals surface area contributed by atoms with Gasteiger partial charge in [0.05, 0.1) is 11.6 Å². The highest BCUT2D eigenvalue weighted by Crippen LogP contribution is 2.27. The Labute approximate surface area is 123 Å². The maximum Gasteiger partial charge on any atom is 0.256 e. The topological polar surface area (TPSA) is 73.1 Å². The first-order chi connectivity index (χ1) is 10.1. The van der Waals surface area contributed by atoms with Crippen molar-refractivity contribution in [3.63, 3.8) is 0 Å². The molecule has 2 rings (SSSR count). The molecule has 21 heavy (non-hydrogen) atoms. The number of phenols is 1. The van der Waals surface area contributed by atoms with Crippen LogP contribution >= 0.6 is 0 Å². The largest absolute Gasteiger partial charge is 0.507 e. The molecule has 1 aromatic rings. The summed E-state index contributed by atoms with van der Waals surface area (Å²) in [6.45, 7) is 0. The number of amides is 1. The molecule has 0 atom stereocenters. The minimum atomic E-state index is -0.920. The molecule has 1 aliphatic carbocycles. The molecule has 2 N–H and O–H groups in total. The molecule has 0 aromatic heterocycles. The molecule has 1 aliphatic rings. The third-order valence-electron chi connectivity index (χ3n) is 3.98. The molecule has 0 aliphatic heterocycles. The second-order valence-electron chi connectivity index (χ2n) is 5.58. The van der Waals surface area contributed by atoms with E-state index in [9.17, 15) is 19.6 Å². The van der Waals surface area contributed by atoms with E-state index >= 15 is 0 Å². The maximum atomic E-state index is 13.2. The van der Waals surface area contributed by atoms with E-state index in [1.54, 1.807) is 0 Å². The Morgan fingerprint density at radius 1 is 1.24 bits per heavy atom. The Morgan fingerprint density at radius 3 is 2.48 bits per heavy atom. The van der Waals surface area contributed by atoms with Gasteiger partial charge in [-0.05, 0) is 31.0 Å². The van der Waals surface area contributed by atoms with E-state index in [2.05, 4.69) is 11.4 Å². The van der Waals surface area contributed by atoms with Gasteiger partial charge >= 0.3 is 0 Å². The molecule has 0 bridgehead atoms. The van der Waals surface area contributed by atoms with Crippen molar-refractivity contribution in [3.05, 3.63) is 29.6 Å². The zero-order valence-electron chi connectivity index (χ0n) is 11.9. The molecule has 1 saturated carbocycles. The summed E-state index contributed by atoms with van der Waals surface area (Å²) in [5.74, 6) is -1.48. The fraction of sp³-hybridized carbons (Fsp3) is 0.500. The van der Waals surface area contributed by atoms with Gasteiger partial charge in [-0.1, -0.05) is 32.1 Å². The van der Waals surface area contributed by atoms with Gasteiger partial charge in [-0.25, -0.2) is 4.39 Å². The normalized spacial score (nSPS) is 18.1. The summed E-state index contributed by atoms with van der Waals surface area (Å²) in [7, 11) is 0. The molecule has 5 heteroatoms. The van der Waals surface area contributed by atoms with Crippen molar-refractivity contribution in [1.29, 1.82) is 5.26 Å². The van der Waals surface area contributed by atoms with E-state index in [-0.39, 0.29) is 11.3 Å². The minimum Gasteiger partial charge on any atom is -0.507 e. The summed E-state index contributed by atoms with van der Waals surface area (Å²) < 4.78 is 13.2. The van der Waals surface area contributed by atoms with Crippen LogP contribution in [0.25, 0.3) is 0 Å². The average Bonchev–Trinajstić information content (AvgIpc) is 2.44. The van der Waals surface area contributed by atoms with Crippen molar-refractivity contribution in [3.8, 4) is 11.8 Å². The number of aromatic hydroxyl groups is 1. The second kappa shape index (κ2) is 6.57. The van der Waals surface area contributed by atoms with E-state index in [1.165, 1.54) is 0 Å². The van der Waals surface area contributed by atoms with Crippen LogP contribution < -0.4 is 5.32 Å². The maximum absolute atomic E-state index is 13.2. The molecular weight excluding hydrogens is 271 g/mol. The van der Waals surface area contributed by atoms with Gasteiger partial charge in [0.2, 0.25) is 0 Å². The van der Waals surface area contributed by atoms with Gasteiger partial charge in [-0.3, -0.25) is 4.79 Å². The predicted molar refractivity (Wildman–Crippen MR) is 76.2 cm³/mol. The number of carbonyl (C=O) groups excluding carboxylic acids is 1. The number of halogens is 1.